The van der Waals surface area contributed by atoms with Crippen LogP contribution in [0.25, 0.3) is 22.0 Å². The molecule has 0 amide bonds. The Morgan fingerprint density at radius 2 is 2.07 bits per heavy atom. The molecular weight excluding hydrogens is 352 g/mol. The summed E-state index contributed by atoms with van der Waals surface area (Å²) in [6.07, 6.45) is 2.44. The van der Waals surface area contributed by atoms with Crippen molar-refractivity contribution in [3.8, 4) is 28.7 Å². The maximum absolute atomic E-state index is 10.6. The molecule has 1 saturated carbocycles. The Balaban J connectivity index is 1.80. The van der Waals surface area contributed by atoms with Crippen LogP contribution in [0.15, 0.2) is 30.3 Å². The Morgan fingerprint density at radius 1 is 1.25 bits per heavy atom. The van der Waals surface area contributed by atoms with Crippen LogP contribution in [-0.2, 0) is 13.1 Å². The number of nitrogen functional groups attached to an aromatic ring is 1. The van der Waals surface area contributed by atoms with Crippen LogP contribution in [0.5, 0.6) is 11.5 Å². The van der Waals surface area contributed by atoms with E-state index in [9.17, 15) is 10.4 Å². The zero-order chi connectivity index (χ0) is 19.4. The molecule has 0 bridgehead atoms. The van der Waals surface area contributed by atoms with Gasteiger partial charge in [-0.3, -0.25) is 9.88 Å². The number of aromatic nitrogens is 1. The minimum Gasteiger partial charge on any atom is -0.507 e. The topological polar surface area (TPSA) is 95.4 Å². The fraction of sp³-hybridized carbons (Fsp3) is 0.273. The number of pyridine rings is 1. The van der Waals surface area contributed by atoms with Crippen LogP contribution in [0.3, 0.4) is 0 Å². The molecule has 1 aromatic heterocycles. The molecule has 6 nitrogen and oxygen atoms in total. The van der Waals surface area contributed by atoms with Crippen molar-refractivity contribution >= 4 is 16.6 Å². The summed E-state index contributed by atoms with van der Waals surface area (Å²) < 4.78 is 5.52. The Kier molecular flexibility index (Phi) is 3.68. The maximum Gasteiger partial charge on any atom is 0.128 e. The van der Waals surface area contributed by atoms with Crippen LogP contribution in [0.4, 0.5) is 5.69 Å². The Hall–Kier alpha value is -3.30. The van der Waals surface area contributed by atoms with E-state index in [1.54, 1.807) is 31.4 Å². The number of phenols is 1. The summed E-state index contributed by atoms with van der Waals surface area (Å²) in [6.45, 7) is 1.54. The number of nitriles is 1. The summed E-state index contributed by atoms with van der Waals surface area (Å²) in [7, 11) is 1.58. The van der Waals surface area contributed by atoms with E-state index in [4.69, 9.17) is 15.5 Å². The Labute approximate surface area is 162 Å². The highest BCUT2D eigenvalue weighted by Crippen LogP contribution is 2.45. The molecule has 140 valence electrons. The van der Waals surface area contributed by atoms with Crippen molar-refractivity contribution in [1.29, 1.82) is 5.26 Å². The van der Waals surface area contributed by atoms with Crippen molar-refractivity contribution in [3.63, 3.8) is 0 Å². The van der Waals surface area contributed by atoms with Crippen molar-refractivity contribution in [1.82, 2.24) is 9.88 Å². The third-order valence-electron chi connectivity index (χ3n) is 5.76. The summed E-state index contributed by atoms with van der Waals surface area (Å²) in [6, 6.07) is 11.6. The molecule has 1 aliphatic heterocycles. The first-order valence-corrected chi connectivity index (χ1v) is 9.36. The lowest BCUT2D eigenvalue weighted by atomic mass is 9.94. The molecule has 0 spiro atoms. The van der Waals surface area contributed by atoms with Gasteiger partial charge in [-0.15, -0.1) is 0 Å². The van der Waals surface area contributed by atoms with Gasteiger partial charge in [-0.05, 0) is 37.1 Å². The monoisotopic (exact) mass is 372 g/mol. The second-order valence-electron chi connectivity index (χ2n) is 7.44. The van der Waals surface area contributed by atoms with Gasteiger partial charge in [0.05, 0.1) is 41.0 Å². The number of aromatic hydroxyl groups is 1. The smallest absolute Gasteiger partial charge is 0.128 e. The quantitative estimate of drug-likeness (QED) is 0.730. The molecule has 3 aromatic rings. The van der Waals surface area contributed by atoms with Crippen LogP contribution in [0.1, 0.15) is 29.7 Å². The van der Waals surface area contributed by atoms with E-state index in [-0.39, 0.29) is 5.75 Å². The van der Waals surface area contributed by atoms with Crippen molar-refractivity contribution < 1.29 is 9.84 Å². The molecule has 5 rings (SSSR count). The molecule has 0 atom stereocenters. The standard InChI is InChI=1S/C22H20N4O2/c1-28-18-4-2-3-12(9-23)19(18)14-7-8-17(27)20-21(24)15-10-26(13-5-6-13)11-16(15)25-22(14)20/h2-4,7-8,13,27H,5-6,10-11H2,1H3,(H2,24,25). The van der Waals surface area contributed by atoms with E-state index < -0.39 is 0 Å². The predicted molar refractivity (Wildman–Crippen MR) is 107 cm³/mol. The first-order chi connectivity index (χ1) is 13.6. The van der Waals surface area contributed by atoms with Crippen LogP contribution in [0.2, 0.25) is 0 Å². The van der Waals surface area contributed by atoms with Gasteiger partial charge >= 0.3 is 0 Å². The van der Waals surface area contributed by atoms with Gasteiger partial charge in [-0.2, -0.15) is 5.26 Å². The molecule has 3 N–H and O–H groups in total. The average Bonchev–Trinajstić information content (AvgIpc) is 3.47. The van der Waals surface area contributed by atoms with E-state index in [1.165, 1.54) is 12.8 Å². The molecule has 2 aliphatic rings. The SMILES string of the molecule is COc1cccc(C#N)c1-c1ccc(O)c2c(N)c3c(nc12)CN(C1CC1)C3. The largest absolute Gasteiger partial charge is 0.507 e. The fourth-order valence-corrected chi connectivity index (χ4v) is 4.20. The minimum atomic E-state index is 0.102. The second-order valence-corrected chi connectivity index (χ2v) is 7.44. The zero-order valence-electron chi connectivity index (χ0n) is 15.6. The summed E-state index contributed by atoms with van der Waals surface area (Å²) in [5.41, 5.74) is 11.6. The zero-order valence-corrected chi connectivity index (χ0v) is 15.6. The summed E-state index contributed by atoms with van der Waals surface area (Å²) in [4.78, 5) is 7.31. The van der Waals surface area contributed by atoms with E-state index in [1.807, 2.05) is 6.07 Å². The Morgan fingerprint density at radius 3 is 2.79 bits per heavy atom. The lowest BCUT2D eigenvalue weighted by Gasteiger charge is -2.15. The van der Waals surface area contributed by atoms with Gasteiger partial charge < -0.3 is 15.6 Å². The number of anilines is 1. The number of benzene rings is 2. The molecule has 1 fully saturated rings. The van der Waals surface area contributed by atoms with Crippen LogP contribution in [-0.4, -0.2) is 28.1 Å². The van der Waals surface area contributed by atoms with E-state index in [2.05, 4.69) is 11.0 Å². The van der Waals surface area contributed by atoms with Gasteiger partial charge in [0.1, 0.15) is 11.5 Å². The average molecular weight is 372 g/mol. The summed E-state index contributed by atoms with van der Waals surface area (Å²) in [5.74, 6) is 0.691. The molecule has 2 aromatic carbocycles. The number of nitrogens with two attached hydrogens (primary N) is 1. The highest BCUT2D eigenvalue weighted by Gasteiger charge is 2.35. The predicted octanol–water partition coefficient (Wildman–Crippen LogP) is 3.55. The lowest BCUT2D eigenvalue weighted by molar-refractivity contribution is 0.272. The first kappa shape index (κ1) is 16.8. The van der Waals surface area contributed by atoms with Crippen LogP contribution < -0.4 is 10.5 Å². The van der Waals surface area contributed by atoms with E-state index in [0.717, 1.165) is 29.9 Å². The third-order valence-corrected chi connectivity index (χ3v) is 5.76. The number of fused-ring (bicyclic) bond motifs is 2. The lowest BCUT2D eigenvalue weighted by Crippen LogP contribution is -2.18. The third kappa shape index (κ3) is 2.40. The van der Waals surface area contributed by atoms with Gasteiger partial charge in [0, 0.05) is 35.8 Å². The molecule has 6 heteroatoms. The summed E-state index contributed by atoms with van der Waals surface area (Å²) in [5, 5.41) is 20.7. The maximum atomic E-state index is 10.6. The molecular formula is C22H20N4O2. The van der Waals surface area contributed by atoms with Gasteiger partial charge in [-0.25, -0.2) is 0 Å². The van der Waals surface area contributed by atoms with Gasteiger partial charge in [-0.1, -0.05) is 6.07 Å². The number of phenolic OH excluding ortho intramolecular Hbond substituents is 1. The highest BCUT2D eigenvalue weighted by molar-refractivity contribution is 6.06. The van der Waals surface area contributed by atoms with E-state index in [0.29, 0.717) is 39.5 Å². The summed E-state index contributed by atoms with van der Waals surface area (Å²) >= 11 is 0. The molecule has 28 heavy (non-hydrogen) atoms. The molecule has 0 radical (unpaired) electrons. The van der Waals surface area contributed by atoms with Gasteiger partial charge in [0.15, 0.2) is 0 Å². The van der Waals surface area contributed by atoms with E-state index >= 15 is 0 Å². The number of hydrogen-bond donors (Lipinski definition) is 2. The fourth-order valence-electron chi connectivity index (χ4n) is 4.20. The van der Waals surface area contributed by atoms with Crippen LogP contribution >= 0.6 is 0 Å². The Bertz CT molecular complexity index is 1160. The highest BCUT2D eigenvalue weighted by atomic mass is 16.5. The normalized spacial score (nSPS) is 16.1. The molecule has 2 heterocycles. The van der Waals surface area contributed by atoms with Gasteiger partial charge in [0.2, 0.25) is 0 Å². The van der Waals surface area contributed by atoms with Gasteiger partial charge in [0.25, 0.3) is 0 Å². The number of nitrogens with zero attached hydrogens (tertiary/aromatic N) is 3. The number of methoxy groups -OCH3 is 1. The number of hydrogen-bond acceptors (Lipinski definition) is 6. The first-order valence-electron chi connectivity index (χ1n) is 9.36. The van der Waals surface area contributed by atoms with Crippen molar-refractivity contribution in [2.45, 2.75) is 32.0 Å². The van der Waals surface area contributed by atoms with Crippen molar-refractivity contribution in [2.75, 3.05) is 12.8 Å². The minimum absolute atomic E-state index is 0.102. The second kappa shape index (κ2) is 6.11. The number of rotatable bonds is 3. The molecule has 0 saturated heterocycles. The molecule has 1 aliphatic carbocycles. The number of ether oxygens (including phenoxy) is 1. The van der Waals surface area contributed by atoms with Crippen molar-refractivity contribution in [3.05, 3.63) is 47.2 Å². The molecule has 0 unspecified atom stereocenters. The van der Waals surface area contributed by atoms with Crippen LogP contribution in [0, 0.1) is 11.3 Å². The van der Waals surface area contributed by atoms with Crippen molar-refractivity contribution in [2.24, 2.45) is 0 Å².